The minimum absolute atomic E-state index is 0.170. The van der Waals surface area contributed by atoms with Gasteiger partial charge in [0.25, 0.3) is 0 Å². The van der Waals surface area contributed by atoms with Gasteiger partial charge in [-0.05, 0) is 36.4 Å². The van der Waals surface area contributed by atoms with Crippen molar-refractivity contribution in [1.82, 2.24) is 10.3 Å². The van der Waals surface area contributed by atoms with Crippen LogP contribution in [-0.4, -0.2) is 12.0 Å². The molecule has 0 fully saturated rings. The Bertz CT molecular complexity index is 521. The van der Waals surface area contributed by atoms with Crippen LogP contribution in [-0.2, 0) is 6.18 Å². The van der Waals surface area contributed by atoms with Crippen molar-refractivity contribution in [2.75, 3.05) is 7.05 Å². The Morgan fingerprint density at radius 1 is 1.05 bits per heavy atom. The standard InChI is InChI=1S/C14H13F3N2/c1-18-13(11-3-2-8-19-9-11)10-4-6-12(7-5-10)14(15,16)17/h2-9,13,18H,1H3. The van der Waals surface area contributed by atoms with Crippen molar-refractivity contribution in [3.8, 4) is 0 Å². The van der Waals surface area contributed by atoms with Crippen LogP contribution in [0.15, 0.2) is 48.8 Å². The number of alkyl halides is 3. The van der Waals surface area contributed by atoms with Crippen molar-refractivity contribution in [1.29, 1.82) is 0 Å². The van der Waals surface area contributed by atoms with Gasteiger partial charge in [0.2, 0.25) is 0 Å². The van der Waals surface area contributed by atoms with Crippen LogP contribution in [0.25, 0.3) is 0 Å². The molecule has 0 bridgehead atoms. The molecule has 0 spiro atoms. The molecule has 0 aliphatic rings. The molecule has 0 aliphatic heterocycles. The summed E-state index contributed by atoms with van der Waals surface area (Å²) in [7, 11) is 1.76. The van der Waals surface area contributed by atoms with E-state index in [9.17, 15) is 13.2 Å². The van der Waals surface area contributed by atoms with Gasteiger partial charge in [-0.1, -0.05) is 18.2 Å². The van der Waals surface area contributed by atoms with E-state index in [1.165, 1.54) is 12.1 Å². The Balaban J connectivity index is 2.30. The third-order valence-corrected chi connectivity index (χ3v) is 2.88. The molecule has 0 amide bonds. The lowest BCUT2D eigenvalue weighted by molar-refractivity contribution is -0.137. The van der Waals surface area contributed by atoms with E-state index in [2.05, 4.69) is 10.3 Å². The highest BCUT2D eigenvalue weighted by Crippen LogP contribution is 2.30. The third kappa shape index (κ3) is 3.12. The molecule has 100 valence electrons. The maximum absolute atomic E-state index is 12.5. The van der Waals surface area contributed by atoms with Gasteiger partial charge in [0.05, 0.1) is 11.6 Å². The summed E-state index contributed by atoms with van der Waals surface area (Å²) in [5.41, 5.74) is 1.03. The van der Waals surface area contributed by atoms with Crippen molar-refractivity contribution < 1.29 is 13.2 Å². The zero-order chi connectivity index (χ0) is 13.9. The normalized spacial score (nSPS) is 13.3. The summed E-state index contributed by atoms with van der Waals surface area (Å²) in [6.07, 6.45) is -0.955. The summed E-state index contributed by atoms with van der Waals surface area (Å²) in [5, 5.41) is 3.07. The summed E-state index contributed by atoms with van der Waals surface area (Å²) < 4.78 is 37.5. The maximum atomic E-state index is 12.5. The number of halogens is 3. The van der Waals surface area contributed by atoms with E-state index in [-0.39, 0.29) is 6.04 Å². The largest absolute Gasteiger partial charge is 0.416 e. The van der Waals surface area contributed by atoms with Gasteiger partial charge in [0.1, 0.15) is 0 Å². The fraction of sp³-hybridized carbons (Fsp3) is 0.214. The summed E-state index contributed by atoms with van der Waals surface area (Å²) in [5.74, 6) is 0. The summed E-state index contributed by atoms with van der Waals surface area (Å²) in [4.78, 5) is 4.02. The smallest absolute Gasteiger partial charge is 0.309 e. The number of rotatable bonds is 3. The second-order valence-electron chi connectivity index (χ2n) is 4.13. The van der Waals surface area contributed by atoms with Gasteiger partial charge < -0.3 is 5.32 Å². The molecule has 1 unspecified atom stereocenters. The number of benzene rings is 1. The van der Waals surface area contributed by atoms with Gasteiger partial charge in [-0.2, -0.15) is 13.2 Å². The van der Waals surface area contributed by atoms with E-state index in [0.29, 0.717) is 0 Å². The number of nitrogens with one attached hydrogen (secondary N) is 1. The molecule has 2 aromatic rings. The van der Waals surface area contributed by atoms with Crippen LogP contribution in [0.1, 0.15) is 22.7 Å². The van der Waals surface area contributed by atoms with E-state index >= 15 is 0 Å². The van der Waals surface area contributed by atoms with Gasteiger partial charge in [0, 0.05) is 12.4 Å². The molecular formula is C14H13F3N2. The van der Waals surface area contributed by atoms with Gasteiger partial charge in [-0.15, -0.1) is 0 Å². The zero-order valence-corrected chi connectivity index (χ0v) is 10.3. The Hall–Kier alpha value is -1.88. The van der Waals surface area contributed by atoms with Gasteiger partial charge in [0.15, 0.2) is 0 Å². The van der Waals surface area contributed by atoms with E-state index < -0.39 is 11.7 Å². The zero-order valence-electron chi connectivity index (χ0n) is 10.3. The highest BCUT2D eigenvalue weighted by atomic mass is 19.4. The summed E-state index contributed by atoms with van der Waals surface area (Å²) in [6, 6.07) is 8.66. The molecule has 0 saturated heterocycles. The predicted molar refractivity (Wildman–Crippen MR) is 66.6 cm³/mol. The molecule has 1 heterocycles. The first-order valence-electron chi connectivity index (χ1n) is 5.76. The maximum Gasteiger partial charge on any atom is 0.416 e. The average molecular weight is 266 g/mol. The summed E-state index contributed by atoms with van der Waals surface area (Å²) >= 11 is 0. The quantitative estimate of drug-likeness (QED) is 0.920. The van der Waals surface area contributed by atoms with Gasteiger partial charge >= 0.3 is 6.18 Å². The number of aromatic nitrogens is 1. The average Bonchev–Trinajstić information content (AvgIpc) is 2.40. The Morgan fingerprint density at radius 3 is 2.21 bits per heavy atom. The molecule has 5 heteroatoms. The molecule has 19 heavy (non-hydrogen) atoms. The lowest BCUT2D eigenvalue weighted by Crippen LogP contribution is -2.18. The van der Waals surface area contributed by atoms with Gasteiger partial charge in [-0.3, -0.25) is 4.98 Å². The van der Waals surface area contributed by atoms with Crippen molar-refractivity contribution in [3.63, 3.8) is 0 Å². The van der Waals surface area contributed by atoms with Crippen LogP contribution in [0.4, 0.5) is 13.2 Å². The Morgan fingerprint density at radius 2 is 1.74 bits per heavy atom. The molecule has 1 aromatic heterocycles. The molecule has 0 aliphatic carbocycles. The highest BCUT2D eigenvalue weighted by molar-refractivity contribution is 5.33. The SMILES string of the molecule is CNC(c1ccc(C(F)(F)F)cc1)c1cccnc1. The number of hydrogen-bond donors (Lipinski definition) is 1. The van der Waals surface area contributed by atoms with Crippen LogP contribution in [0.5, 0.6) is 0 Å². The minimum Gasteiger partial charge on any atom is -0.309 e. The molecule has 0 radical (unpaired) electrons. The van der Waals surface area contributed by atoms with Crippen molar-refractivity contribution in [3.05, 3.63) is 65.5 Å². The monoisotopic (exact) mass is 266 g/mol. The lowest BCUT2D eigenvalue weighted by atomic mass is 9.99. The lowest BCUT2D eigenvalue weighted by Gasteiger charge is -2.17. The summed E-state index contributed by atoms with van der Waals surface area (Å²) in [6.45, 7) is 0. The van der Waals surface area contributed by atoms with Gasteiger partial charge in [-0.25, -0.2) is 0 Å². The molecule has 2 nitrogen and oxygen atoms in total. The van der Waals surface area contributed by atoms with Crippen LogP contribution >= 0.6 is 0 Å². The Labute approximate surface area is 109 Å². The first-order chi connectivity index (χ1) is 9.02. The molecular weight excluding hydrogens is 253 g/mol. The van der Waals surface area contributed by atoms with E-state index in [1.807, 2.05) is 6.07 Å². The number of hydrogen-bond acceptors (Lipinski definition) is 2. The highest BCUT2D eigenvalue weighted by Gasteiger charge is 2.30. The van der Waals surface area contributed by atoms with Crippen molar-refractivity contribution >= 4 is 0 Å². The molecule has 0 saturated carbocycles. The first-order valence-corrected chi connectivity index (χ1v) is 5.76. The van der Waals surface area contributed by atoms with Crippen LogP contribution in [0.3, 0.4) is 0 Å². The first kappa shape index (κ1) is 13.5. The van der Waals surface area contributed by atoms with Crippen molar-refractivity contribution in [2.45, 2.75) is 12.2 Å². The fourth-order valence-electron chi connectivity index (χ4n) is 1.94. The molecule has 1 N–H and O–H groups in total. The molecule has 1 aromatic carbocycles. The third-order valence-electron chi connectivity index (χ3n) is 2.88. The van der Waals surface area contributed by atoms with Crippen LogP contribution < -0.4 is 5.32 Å². The van der Waals surface area contributed by atoms with E-state index in [0.717, 1.165) is 23.3 Å². The predicted octanol–water partition coefficient (Wildman–Crippen LogP) is 3.41. The number of nitrogens with zero attached hydrogens (tertiary/aromatic N) is 1. The molecule has 2 rings (SSSR count). The van der Waals surface area contributed by atoms with E-state index in [4.69, 9.17) is 0 Å². The van der Waals surface area contributed by atoms with Crippen LogP contribution in [0, 0.1) is 0 Å². The fourth-order valence-corrected chi connectivity index (χ4v) is 1.94. The topological polar surface area (TPSA) is 24.9 Å². The minimum atomic E-state index is -4.30. The second kappa shape index (κ2) is 5.40. The van der Waals surface area contributed by atoms with Crippen LogP contribution in [0.2, 0.25) is 0 Å². The van der Waals surface area contributed by atoms with Crippen molar-refractivity contribution in [2.24, 2.45) is 0 Å². The number of pyridine rings is 1. The molecule has 1 atom stereocenters. The Kier molecular flexibility index (Phi) is 3.85. The van der Waals surface area contributed by atoms with E-state index in [1.54, 1.807) is 25.5 Å². The second-order valence-corrected chi connectivity index (χ2v) is 4.13.